The zero-order valence-corrected chi connectivity index (χ0v) is 18.0. The Balaban J connectivity index is 1.52. The summed E-state index contributed by atoms with van der Waals surface area (Å²) in [6, 6.07) is 9.36. The van der Waals surface area contributed by atoms with Gasteiger partial charge in [0, 0.05) is 37.3 Å². The van der Waals surface area contributed by atoms with Crippen LogP contribution in [-0.4, -0.2) is 44.9 Å². The molecular formula is C23H27N5O3. The Morgan fingerprint density at radius 2 is 2.06 bits per heavy atom. The van der Waals surface area contributed by atoms with Crippen molar-refractivity contribution >= 4 is 28.4 Å². The first kappa shape index (κ1) is 21.0. The number of fused-ring (bicyclic) bond motifs is 3. The van der Waals surface area contributed by atoms with Gasteiger partial charge in [0.1, 0.15) is 23.9 Å². The average Bonchev–Trinajstić information content (AvgIpc) is 3.09. The molecule has 8 nitrogen and oxygen atoms in total. The summed E-state index contributed by atoms with van der Waals surface area (Å²) in [5, 5.41) is 6.18. The van der Waals surface area contributed by atoms with Crippen LogP contribution >= 0.6 is 0 Å². The molecule has 2 N–H and O–H groups in total. The van der Waals surface area contributed by atoms with E-state index in [1.807, 2.05) is 28.8 Å². The van der Waals surface area contributed by atoms with Crippen LogP contribution in [0.25, 0.3) is 11.0 Å². The third-order valence-electron chi connectivity index (χ3n) is 5.16. The van der Waals surface area contributed by atoms with Gasteiger partial charge in [0.05, 0.1) is 17.2 Å². The van der Waals surface area contributed by atoms with Gasteiger partial charge in [0.15, 0.2) is 11.7 Å². The Labute approximate surface area is 181 Å². The molecule has 1 atom stereocenters. The Kier molecular flexibility index (Phi) is 5.73. The second-order valence-corrected chi connectivity index (χ2v) is 8.65. The van der Waals surface area contributed by atoms with Crippen LogP contribution in [0.15, 0.2) is 42.7 Å². The Morgan fingerprint density at radius 1 is 1.26 bits per heavy atom. The largest absolute Gasteiger partial charge is 0.490 e. The minimum atomic E-state index is -0.961. The highest BCUT2D eigenvalue weighted by Crippen LogP contribution is 2.31. The van der Waals surface area contributed by atoms with Crippen LogP contribution in [0.4, 0.5) is 5.69 Å². The zero-order chi connectivity index (χ0) is 22.0. The van der Waals surface area contributed by atoms with Crippen LogP contribution in [0.1, 0.15) is 38.9 Å². The van der Waals surface area contributed by atoms with Crippen molar-refractivity contribution in [1.29, 1.82) is 0 Å². The van der Waals surface area contributed by atoms with E-state index in [1.165, 1.54) is 6.20 Å². The SMILES string of the molecule is CC(C)(C)NCCOc1ccncc1NC(=O)C1C(=O)CCn2c1nc1ccccc12. The van der Waals surface area contributed by atoms with Gasteiger partial charge in [-0.1, -0.05) is 12.1 Å². The highest BCUT2D eigenvalue weighted by atomic mass is 16.5. The molecule has 1 unspecified atom stereocenters. The predicted octanol–water partition coefficient (Wildman–Crippen LogP) is 2.89. The van der Waals surface area contributed by atoms with Crippen molar-refractivity contribution in [3.63, 3.8) is 0 Å². The number of aromatic nitrogens is 3. The number of amides is 1. The number of anilines is 1. The number of pyridine rings is 1. The number of hydrogen-bond acceptors (Lipinski definition) is 6. The topological polar surface area (TPSA) is 98.1 Å². The fraction of sp³-hybridized carbons (Fsp3) is 0.391. The number of nitrogens with zero attached hydrogens (tertiary/aromatic N) is 3. The maximum atomic E-state index is 13.2. The number of hydrogen-bond donors (Lipinski definition) is 2. The van der Waals surface area contributed by atoms with Gasteiger partial charge < -0.3 is 19.9 Å². The summed E-state index contributed by atoms with van der Waals surface area (Å²) in [5.74, 6) is -0.531. The number of aryl methyl sites for hydroxylation is 1. The number of rotatable bonds is 6. The molecule has 4 rings (SSSR count). The predicted molar refractivity (Wildman–Crippen MR) is 118 cm³/mol. The van der Waals surface area contributed by atoms with Crippen LogP contribution in [0.3, 0.4) is 0 Å². The van der Waals surface area contributed by atoms with Gasteiger partial charge in [0.2, 0.25) is 5.91 Å². The van der Waals surface area contributed by atoms with Crippen molar-refractivity contribution in [2.45, 2.75) is 45.2 Å². The second-order valence-electron chi connectivity index (χ2n) is 8.65. The van der Waals surface area contributed by atoms with E-state index in [-0.39, 0.29) is 11.3 Å². The maximum Gasteiger partial charge on any atom is 0.242 e. The Morgan fingerprint density at radius 3 is 2.87 bits per heavy atom. The van der Waals surface area contributed by atoms with Crippen molar-refractivity contribution in [2.75, 3.05) is 18.5 Å². The minimum absolute atomic E-state index is 0.00848. The molecule has 2 aromatic heterocycles. The van der Waals surface area contributed by atoms with Gasteiger partial charge in [-0.2, -0.15) is 0 Å². The molecule has 31 heavy (non-hydrogen) atoms. The molecule has 162 valence electrons. The van der Waals surface area contributed by atoms with Crippen molar-refractivity contribution in [3.05, 3.63) is 48.5 Å². The van der Waals surface area contributed by atoms with E-state index in [0.29, 0.717) is 43.4 Å². The van der Waals surface area contributed by atoms with Gasteiger partial charge in [0.25, 0.3) is 0 Å². The van der Waals surface area contributed by atoms with Crippen LogP contribution in [-0.2, 0) is 16.1 Å². The van der Waals surface area contributed by atoms with Crippen LogP contribution in [0, 0.1) is 0 Å². The van der Waals surface area contributed by atoms with Gasteiger partial charge in [-0.25, -0.2) is 4.98 Å². The number of imidazole rings is 1. The first-order chi connectivity index (χ1) is 14.8. The fourth-order valence-electron chi connectivity index (χ4n) is 3.72. The molecule has 3 aromatic rings. The number of para-hydroxylation sites is 2. The van der Waals surface area contributed by atoms with Crippen LogP contribution < -0.4 is 15.4 Å². The molecule has 3 heterocycles. The number of nitrogens with one attached hydrogen (secondary N) is 2. The summed E-state index contributed by atoms with van der Waals surface area (Å²) < 4.78 is 7.80. The monoisotopic (exact) mass is 421 g/mol. The van der Waals surface area contributed by atoms with Crippen molar-refractivity contribution in [3.8, 4) is 5.75 Å². The minimum Gasteiger partial charge on any atom is -0.490 e. The third kappa shape index (κ3) is 4.59. The summed E-state index contributed by atoms with van der Waals surface area (Å²) in [6.07, 6.45) is 3.42. The van der Waals surface area contributed by atoms with E-state index in [9.17, 15) is 9.59 Å². The van der Waals surface area contributed by atoms with Gasteiger partial charge in [-0.3, -0.25) is 14.6 Å². The van der Waals surface area contributed by atoms with E-state index in [1.54, 1.807) is 12.3 Å². The highest BCUT2D eigenvalue weighted by molar-refractivity contribution is 6.12. The molecule has 1 aliphatic rings. The van der Waals surface area contributed by atoms with E-state index in [4.69, 9.17) is 4.74 Å². The van der Waals surface area contributed by atoms with Crippen molar-refractivity contribution in [2.24, 2.45) is 0 Å². The van der Waals surface area contributed by atoms with Gasteiger partial charge in [-0.15, -0.1) is 0 Å². The molecule has 8 heteroatoms. The molecule has 0 aliphatic carbocycles. The molecule has 0 saturated heterocycles. The lowest BCUT2D eigenvalue weighted by molar-refractivity contribution is -0.128. The number of carbonyl (C=O) groups excluding carboxylic acids is 2. The van der Waals surface area contributed by atoms with E-state index >= 15 is 0 Å². The van der Waals surface area contributed by atoms with Crippen molar-refractivity contribution < 1.29 is 14.3 Å². The number of carbonyl (C=O) groups is 2. The van der Waals surface area contributed by atoms with Gasteiger partial charge >= 0.3 is 0 Å². The Hall–Kier alpha value is -3.26. The molecule has 1 aliphatic heterocycles. The zero-order valence-electron chi connectivity index (χ0n) is 18.0. The fourth-order valence-corrected chi connectivity index (χ4v) is 3.72. The van der Waals surface area contributed by atoms with E-state index in [0.717, 1.165) is 11.0 Å². The second kappa shape index (κ2) is 8.47. The summed E-state index contributed by atoms with van der Waals surface area (Å²) in [4.78, 5) is 34.5. The summed E-state index contributed by atoms with van der Waals surface area (Å²) in [7, 11) is 0. The number of benzene rings is 1. The number of ether oxygens (including phenoxy) is 1. The molecule has 0 bridgehead atoms. The molecular weight excluding hydrogens is 394 g/mol. The average molecular weight is 422 g/mol. The molecule has 0 spiro atoms. The molecule has 0 saturated carbocycles. The Bertz CT molecular complexity index is 1120. The summed E-state index contributed by atoms with van der Waals surface area (Å²) in [5.41, 5.74) is 2.14. The van der Waals surface area contributed by atoms with E-state index in [2.05, 4.69) is 41.4 Å². The quantitative estimate of drug-likeness (QED) is 0.469. The molecule has 0 radical (unpaired) electrons. The third-order valence-corrected chi connectivity index (χ3v) is 5.16. The van der Waals surface area contributed by atoms with Crippen LogP contribution in [0.2, 0.25) is 0 Å². The van der Waals surface area contributed by atoms with Crippen LogP contribution in [0.5, 0.6) is 5.75 Å². The lowest BCUT2D eigenvalue weighted by Gasteiger charge is -2.23. The lowest BCUT2D eigenvalue weighted by atomic mass is 9.96. The smallest absolute Gasteiger partial charge is 0.242 e. The first-order valence-corrected chi connectivity index (χ1v) is 10.4. The van der Waals surface area contributed by atoms with Crippen molar-refractivity contribution in [1.82, 2.24) is 19.9 Å². The molecule has 0 fully saturated rings. The summed E-state index contributed by atoms with van der Waals surface area (Å²) >= 11 is 0. The first-order valence-electron chi connectivity index (χ1n) is 10.4. The standard InChI is InChI=1S/C23H27N5O3/c1-23(2,3)25-11-13-31-19-8-10-24-14-16(19)27-22(30)20-18(29)9-12-28-17-7-5-4-6-15(17)26-21(20)28/h4-8,10,14,20,25H,9,11-13H2,1-3H3,(H,27,30). The highest BCUT2D eigenvalue weighted by Gasteiger charge is 2.36. The summed E-state index contributed by atoms with van der Waals surface area (Å²) in [6.45, 7) is 7.87. The van der Waals surface area contributed by atoms with E-state index < -0.39 is 11.8 Å². The number of ketones is 1. The molecule has 1 amide bonds. The normalized spacial score (nSPS) is 16.2. The maximum absolute atomic E-state index is 13.2. The number of Topliss-reactive ketones (excluding diaryl/α,β-unsaturated/α-hetero) is 1. The van der Waals surface area contributed by atoms with Gasteiger partial charge in [-0.05, 0) is 32.9 Å². The molecule has 1 aromatic carbocycles. The lowest BCUT2D eigenvalue weighted by Crippen LogP contribution is -2.38.